The largest absolute Gasteiger partial charge is 0.312 e. The minimum atomic E-state index is -3.52. The summed E-state index contributed by atoms with van der Waals surface area (Å²) in [5, 5.41) is 1.70. The van der Waals surface area contributed by atoms with Crippen LogP contribution >= 0.6 is 11.3 Å². The average Bonchev–Trinajstić information content (AvgIpc) is 3.16. The molecule has 0 saturated carbocycles. The molecule has 1 aliphatic rings. The van der Waals surface area contributed by atoms with Crippen molar-refractivity contribution in [1.82, 2.24) is 4.72 Å². The zero-order chi connectivity index (χ0) is 16.4. The van der Waals surface area contributed by atoms with Crippen LogP contribution in [0.2, 0.25) is 0 Å². The van der Waals surface area contributed by atoms with Gasteiger partial charge in [0.15, 0.2) is 0 Å². The number of benzene rings is 1. The van der Waals surface area contributed by atoms with Crippen molar-refractivity contribution in [2.24, 2.45) is 5.92 Å². The minimum absolute atomic E-state index is 0.0862. The van der Waals surface area contributed by atoms with Gasteiger partial charge in [-0.05, 0) is 41.6 Å². The van der Waals surface area contributed by atoms with E-state index in [-0.39, 0.29) is 34.8 Å². The van der Waals surface area contributed by atoms with Crippen LogP contribution in [0.15, 0.2) is 46.0 Å². The quantitative estimate of drug-likeness (QED) is 0.895. The van der Waals surface area contributed by atoms with Crippen LogP contribution in [0.3, 0.4) is 0 Å². The van der Waals surface area contributed by atoms with Crippen molar-refractivity contribution < 1.29 is 17.6 Å². The van der Waals surface area contributed by atoms with E-state index in [9.17, 15) is 17.6 Å². The lowest BCUT2D eigenvalue weighted by Gasteiger charge is -2.17. The van der Waals surface area contributed by atoms with Gasteiger partial charge in [0.1, 0.15) is 10.0 Å². The number of carbonyl (C=O) groups excluding carboxylic acids is 1. The number of rotatable bonds is 5. The van der Waals surface area contributed by atoms with E-state index >= 15 is 0 Å². The van der Waals surface area contributed by atoms with E-state index in [1.54, 1.807) is 28.5 Å². The molecule has 1 aliphatic heterocycles. The summed E-state index contributed by atoms with van der Waals surface area (Å²) >= 11 is 1.15. The standard InChI is InChI=1S/C15H15FN2O3S2/c16-12-3-5-13(6-4-12)18-10-11(8-14(18)19)9-17-23(20,21)15-2-1-7-22-15/h1-7,11,17H,8-10H2/t11-/m1/s1. The summed E-state index contributed by atoms with van der Waals surface area (Å²) in [7, 11) is -3.52. The van der Waals surface area contributed by atoms with Gasteiger partial charge in [0.25, 0.3) is 0 Å². The number of amides is 1. The lowest BCUT2D eigenvalue weighted by atomic mass is 10.1. The highest BCUT2D eigenvalue weighted by atomic mass is 32.2. The molecule has 0 bridgehead atoms. The molecule has 5 nitrogen and oxygen atoms in total. The normalized spacial score (nSPS) is 18.6. The summed E-state index contributed by atoms with van der Waals surface area (Å²) in [5.74, 6) is -0.556. The minimum Gasteiger partial charge on any atom is -0.312 e. The van der Waals surface area contributed by atoms with E-state index in [1.807, 2.05) is 0 Å². The lowest BCUT2D eigenvalue weighted by Crippen LogP contribution is -2.31. The molecule has 1 aromatic carbocycles. The molecule has 23 heavy (non-hydrogen) atoms. The van der Waals surface area contributed by atoms with Crippen LogP contribution in [-0.4, -0.2) is 27.4 Å². The Labute approximate surface area is 137 Å². The first-order valence-corrected chi connectivity index (χ1v) is 9.41. The maximum absolute atomic E-state index is 13.0. The van der Waals surface area contributed by atoms with Crippen molar-refractivity contribution >= 4 is 33.0 Å². The predicted octanol–water partition coefficient (Wildman–Crippen LogP) is 2.22. The van der Waals surface area contributed by atoms with E-state index < -0.39 is 10.0 Å². The highest BCUT2D eigenvalue weighted by molar-refractivity contribution is 7.91. The van der Waals surface area contributed by atoms with E-state index in [0.29, 0.717) is 12.2 Å². The van der Waals surface area contributed by atoms with Crippen molar-refractivity contribution in [3.8, 4) is 0 Å². The van der Waals surface area contributed by atoms with Crippen LogP contribution in [0.4, 0.5) is 10.1 Å². The van der Waals surface area contributed by atoms with Crippen LogP contribution in [0.1, 0.15) is 6.42 Å². The third-order valence-electron chi connectivity index (χ3n) is 3.67. The predicted molar refractivity (Wildman–Crippen MR) is 86.4 cm³/mol. The van der Waals surface area contributed by atoms with Crippen LogP contribution in [0, 0.1) is 11.7 Å². The Hall–Kier alpha value is -1.77. The van der Waals surface area contributed by atoms with E-state index in [4.69, 9.17) is 0 Å². The number of halogens is 1. The van der Waals surface area contributed by atoms with Crippen molar-refractivity contribution in [1.29, 1.82) is 0 Å². The van der Waals surface area contributed by atoms with Crippen LogP contribution in [-0.2, 0) is 14.8 Å². The van der Waals surface area contributed by atoms with Crippen molar-refractivity contribution in [3.05, 3.63) is 47.6 Å². The molecule has 1 amide bonds. The summed E-state index contributed by atoms with van der Waals surface area (Å²) in [6.07, 6.45) is 0.268. The van der Waals surface area contributed by atoms with Crippen molar-refractivity contribution in [2.75, 3.05) is 18.0 Å². The maximum Gasteiger partial charge on any atom is 0.250 e. The smallest absolute Gasteiger partial charge is 0.250 e. The summed E-state index contributed by atoms with van der Waals surface area (Å²) in [6, 6.07) is 8.91. The van der Waals surface area contributed by atoms with Gasteiger partial charge in [-0.2, -0.15) is 0 Å². The van der Waals surface area contributed by atoms with Crippen LogP contribution < -0.4 is 9.62 Å². The highest BCUT2D eigenvalue weighted by Crippen LogP contribution is 2.25. The number of nitrogens with one attached hydrogen (secondary N) is 1. The fourth-order valence-corrected chi connectivity index (χ4v) is 4.66. The second kappa shape index (κ2) is 6.38. The Balaban J connectivity index is 1.63. The monoisotopic (exact) mass is 354 g/mol. The molecule has 2 heterocycles. The third-order valence-corrected chi connectivity index (χ3v) is 6.49. The number of anilines is 1. The molecule has 0 spiro atoms. The van der Waals surface area contributed by atoms with Crippen molar-refractivity contribution in [3.63, 3.8) is 0 Å². The molecule has 1 saturated heterocycles. The Morgan fingerprint density at radius 1 is 1.26 bits per heavy atom. The summed E-state index contributed by atoms with van der Waals surface area (Å²) in [5.41, 5.74) is 0.625. The van der Waals surface area contributed by atoms with Gasteiger partial charge in [-0.1, -0.05) is 6.07 Å². The second-order valence-corrected chi connectivity index (χ2v) is 8.28. The number of sulfonamides is 1. The summed E-state index contributed by atoms with van der Waals surface area (Å²) in [6.45, 7) is 0.612. The zero-order valence-corrected chi connectivity index (χ0v) is 13.7. The summed E-state index contributed by atoms with van der Waals surface area (Å²) < 4.78 is 39.9. The number of hydrogen-bond acceptors (Lipinski definition) is 4. The van der Waals surface area contributed by atoms with Crippen LogP contribution in [0.25, 0.3) is 0 Å². The first-order valence-electron chi connectivity index (χ1n) is 7.05. The number of nitrogens with zero attached hydrogens (tertiary/aromatic N) is 1. The molecule has 122 valence electrons. The molecule has 0 aliphatic carbocycles. The first-order chi connectivity index (χ1) is 11.0. The Morgan fingerprint density at radius 3 is 2.65 bits per heavy atom. The number of hydrogen-bond donors (Lipinski definition) is 1. The Kier molecular flexibility index (Phi) is 4.47. The van der Waals surface area contributed by atoms with E-state index in [1.165, 1.54) is 18.2 Å². The second-order valence-electron chi connectivity index (χ2n) is 5.33. The highest BCUT2D eigenvalue weighted by Gasteiger charge is 2.31. The fourth-order valence-electron chi connectivity index (χ4n) is 2.50. The Bertz CT molecular complexity index is 789. The van der Waals surface area contributed by atoms with Gasteiger partial charge in [0, 0.05) is 25.2 Å². The number of carbonyl (C=O) groups is 1. The molecule has 1 fully saturated rings. The molecule has 0 unspecified atom stereocenters. The van der Waals surface area contributed by atoms with Gasteiger partial charge in [0.2, 0.25) is 15.9 Å². The van der Waals surface area contributed by atoms with Crippen LogP contribution in [0.5, 0.6) is 0 Å². The van der Waals surface area contributed by atoms with E-state index in [2.05, 4.69) is 4.72 Å². The molecule has 8 heteroatoms. The molecule has 3 rings (SSSR count). The molecule has 1 N–H and O–H groups in total. The lowest BCUT2D eigenvalue weighted by molar-refractivity contribution is -0.117. The van der Waals surface area contributed by atoms with Gasteiger partial charge in [-0.3, -0.25) is 4.79 Å². The average molecular weight is 354 g/mol. The van der Waals surface area contributed by atoms with Gasteiger partial charge < -0.3 is 4.90 Å². The molecule has 0 radical (unpaired) electrons. The Morgan fingerprint density at radius 2 is 2.00 bits per heavy atom. The van der Waals surface area contributed by atoms with Gasteiger partial charge >= 0.3 is 0 Å². The maximum atomic E-state index is 13.0. The summed E-state index contributed by atoms with van der Waals surface area (Å²) in [4.78, 5) is 13.6. The molecule has 2 aromatic rings. The molecular formula is C15H15FN2O3S2. The zero-order valence-electron chi connectivity index (χ0n) is 12.1. The van der Waals surface area contributed by atoms with Gasteiger partial charge in [-0.25, -0.2) is 17.5 Å². The molecule has 1 atom stereocenters. The molecule has 1 aromatic heterocycles. The SMILES string of the molecule is O=C1C[C@H](CNS(=O)(=O)c2cccs2)CN1c1ccc(F)cc1. The fraction of sp³-hybridized carbons (Fsp3) is 0.267. The first kappa shape index (κ1) is 16.1. The number of thiophene rings is 1. The molecular weight excluding hydrogens is 339 g/mol. The topological polar surface area (TPSA) is 66.5 Å². The van der Waals surface area contributed by atoms with Gasteiger partial charge in [0.05, 0.1) is 0 Å². The van der Waals surface area contributed by atoms with Crippen molar-refractivity contribution in [2.45, 2.75) is 10.6 Å². The third kappa shape index (κ3) is 3.60. The van der Waals surface area contributed by atoms with E-state index in [0.717, 1.165) is 11.3 Å². The van der Waals surface area contributed by atoms with Gasteiger partial charge in [-0.15, -0.1) is 11.3 Å².